The van der Waals surface area contributed by atoms with Gasteiger partial charge in [-0.3, -0.25) is 4.79 Å². The fraction of sp³-hybridized carbons (Fsp3) is 0.923. The van der Waals surface area contributed by atoms with E-state index in [9.17, 15) is 20.1 Å². The second-order valence-corrected chi connectivity index (χ2v) is 5.93. The summed E-state index contributed by atoms with van der Waals surface area (Å²) < 4.78 is 0.582. The van der Waals surface area contributed by atoms with Gasteiger partial charge in [-0.1, -0.05) is 0 Å². The van der Waals surface area contributed by atoms with Crippen molar-refractivity contribution in [3.05, 3.63) is 0 Å². The van der Waals surface area contributed by atoms with Crippen molar-refractivity contribution in [3.8, 4) is 0 Å². The van der Waals surface area contributed by atoms with Gasteiger partial charge in [-0.2, -0.15) is 0 Å². The number of likely N-dealkylation sites (N-methyl/N-ethyl adjacent to an activating group) is 1. The molecule has 9 nitrogen and oxygen atoms in total. The highest BCUT2D eigenvalue weighted by molar-refractivity contribution is 5.81. The number of hydrogen-bond donors (Lipinski definition) is 7. The topological polar surface area (TPSA) is 150 Å². The van der Waals surface area contributed by atoms with Crippen molar-refractivity contribution < 1.29 is 39.9 Å². The summed E-state index contributed by atoms with van der Waals surface area (Å²) in [5, 5.41) is 57.7. The lowest BCUT2D eigenvalue weighted by atomic mass is 10.0. The molecule has 0 aliphatic carbocycles. The molecule has 0 heterocycles. The predicted molar refractivity (Wildman–Crippen MR) is 77.7 cm³/mol. The number of hydrogen-bond acceptors (Lipinski definition) is 7. The number of amides is 1. The molecule has 0 radical (unpaired) electrons. The van der Waals surface area contributed by atoms with E-state index in [-0.39, 0.29) is 13.2 Å². The Bertz CT molecular complexity index is 328. The number of nitrogens with zero attached hydrogens (tertiary/aromatic N) is 1. The number of aliphatic hydroxyl groups is 6. The number of aliphatic hydroxyl groups excluding tert-OH is 6. The average Bonchev–Trinajstić information content (AvgIpc) is 2.48. The van der Waals surface area contributed by atoms with E-state index in [0.717, 1.165) is 0 Å². The number of carbonyl (C=O) groups excluding carboxylic acids is 1. The average molecular weight is 325 g/mol. The summed E-state index contributed by atoms with van der Waals surface area (Å²) in [5.41, 5.74) is 0. The molecule has 9 heteroatoms. The standard InChI is InChI=1S/C13H28N2O7/c1-15(2,6-7-16)5-3-4-14-13(22)12(21)11(20)10(19)9(18)8-17/h9-12,16-21H,3-8H2,1-2H3/p+1/t9-,10-,11+,12-/m1/s1. The van der Waals surface area contributed by atoms with Crippen molar-refractivity contribution >= 4 is 5.91 Å². The van der Waals surface area contributed by atoms with Crippen molar-refractivity contribution in [2.45, 2.75) is 30.8 Å². The first-order valence-electron chi connectivity index (χ1n) is 7.20. The SMILES string of the molecule is C[N+](C)(CCO)CCCNC(=O)[C@H](O)[C@@H](O)[C@H](O)[C@H](O)CO. The maximum absolute atomic E-state index is 11.6. The van der Waals surface area contributed by atoms with E-state index in [1.807, 2.05) is 14.1 Å². The van der Waals surface area contributed by atoms with Crippen LogP contribution in [-0.2, 0) is 4.79 Å². The van der Waals surface area contributed by atoms with Crippen LogP contribution in [0.15, 0.2) is 0 Å². The van der Waals surface area contributed by atoms with Crippen LogP contribution >= 0.6 is 0 Å². The predicted octanol–water partition coefficient (Wildman–Crippen LogP) is -4.00. The summed E-state index contributed by atoms with van der Waals surface area (Å²) in [6.45, 7) is 0.806. The molecular formula is C13H29N2O7+. The molecule has 0 aromatic heterocycles. The Balaban J connectivity index is 4.16. The molecule has 0 aromatic carbocycles. The van der Waals surface area contributed by atoms with Gasteiger partial charge < -0.3 is 40.4 Å². The summed E-state index contributed by atoms with van der Waals surface area (Å²) in [6.07, 6.45) is -6.68. The van der Waals surface area contributed by atoms with Crippen LogP contribution in [0.25, 0.3) is 0 Å². The molecule has 4 atom stereocenters. The molecular weight excluding hydrogens is 296 g/mol. The van der Waals surface area contributed by atoms with Gasteiger partial charge in [-0.05, 0) is 0 Å². The first-order chi connectivity index (χ1) is 10.2. The number of carbonyl (C=O) groups is 1. The Morgan fingerprint density at radius 2 is 1.64 bits per heavy atom. The zero-order valence-electron chi connectivity index (χ0n) is 13.1. The Morgan fingerprint density at radius 3 is 2.14 bits per heavy atom. The van der Waals surface area contributed by atoms with Crippen molar-refractivity contribution in [2.24, 2.45) is 0 Å². The van der Waals surface area contributed by atoms with Gasteiger partial charge in [-0.25, -0.2) is 0 Å². The molecule has 0 bridgehead atoms. The van der Waals surface area contributed by atoms with Crippen LogP contribution < -0.4 is 5.32 Å². The summed E-state index contributed by atoms with van der Waals surface area (Å²) in [5.74, 6) is -0.871. The second-order valence-electron chi connectivity index (χ2n) is 5.93. The summed E-state index contributed by atoms with van der Waals surface area (Å²) in [6, 6.07) is 0. The van der Waals surface area contributed by atoms with Gasteiger partial charge in [0.25, 0.3) is 5.91 Å². The van der Waals surface area contributed by atoms with Crippen LogP contribution in [0.5, 0.6) is 0 Å². The highest BCUT2D eigenvalue weighted by atomic mass is 16.4. The second kappa shape index (κ2) is 10.1. The Kier molecular flexibility index (Phi) is 9.69. The molecule has 22 heavy (non-hydrogen) atoms. The van der Waals surface area contributed by atoms with Crippen LogP contribution in [0.1, 0.15) is 6.42 Å². The molecule has 132 valence electrons. The Labute approximate surface area is 130 Å². The molecule has 0 saturated carbocycles. The van der Waals surface area contributed by atoms with Gasteiger partial charge in [0.1, 0.15) is 24.9 Å². The van der Waals surface area contributed by atoms with Crippen molar-refractivity contribution in [2.75, 3.05) is 46.9 Å². The minimum Gasteiger partial charge on any atom is -0.394 e. The highest BCUT2D eigenvalue weighted by Crippen LogP contribution is 2.05. The zero-order chi connectivity index (χ0) is 17.3. The molecule has 0 rings (SSSR count). The van der Waals surface area contributed by atoms with Crippen molar-refractivity contribution in [1.82, 2.24) is 5.32 Å². The number of rotatable bonds is 11. The van der Waals surface area contributed by atoms with Crippen LogP contribution in [0.2, 0.25) is 0 Å². The lowest BCUT2D eigenvalue weighted by Crippen LogP contribution is -2.52. The normalized spacial score (nSPS) is 17.6. The van der Waals surface area contributed by atoms with E-state index in [1.54, 1.807) is 0 Å². The lowest BCUT2D eigenvalue weighted by molar-refractivity contribution is -0.890. The number of quaternary nitrogens is 1. The Hall–Kier alpha value is -0.810. The van der Waals surface area contributed by atoms with Crippen molar-refractivity contribution in [1.29, 1.82) is 0 Å². The van der Waals surface area contributed by atoms with Crippen molar-refractivity contribution in [3.63, 3.8) is 0 Å². The first-order valence-corrected chi connectivity index (χ1v) is 7.20. The van der Waals surface area contributed by atoms with E-state index >= 15 is 0 Å². The highest BCUT2D eigenvalue weighted by Gasteiger charge is 2.33. The van der Waals surface area contributed by atoms with Gasteiger partial charge in [0, 0.05) is 13.0 Å². The zero-order valence-corrected chi connectivity index (χ0v) is 13.1. The van der Waals surface area contributed by atoms with Gasteiger partial charge >= 0.3 is 0 Å². The van der Waals surface area contributed by atoms with Crippen LogP contribution in [0, 0.1) is 0 Å². The van der Waals surface area contributed by atoms with E-state index in [2.05, 4.69) is 5.32 Å². The number of nitrogens with one attached hydrogen (secondary N) is 1. The molecule has 0 unspecified atom stereocenters. The summed E-state index contributed by atoms with van der Waals surface area (Å²) >= 11 is 0. The Morgan fingerprint density at radius 1 is 1.05 bits per heavy atom. The van der Waals surface area contributed by atoms with Gasteiger partial charge in [0.15, 0.2) is 6.10 Å². The first kappa shape index (κ1) is 21.2. The van der Waals surface area contributed by atoms with Crippen LogP contribution in [0.4, 0.5) is 0 Å². The maximum atomic E-state index is 11.6. The molecule has 0 saturated heterocycles. The molecule has 0 aromatic rings. The van der Waals surface area contributed by atoms with Gasteiger partial charge in [0.2, 0.25) is 0 Å². The van der Waals surface area contributed by atoms with E-state index in [0.29, 0.717) is 24.0 Å². The molecule has 0 spiro atoms. The smallest absolute Gasteiger partial charge is 0.251 e. The van der Waals surface area contributed by atoms with Gasteiger partial charge in [0.05, 0.1) is 33.9 Å². The van der Waals surface area contributed by atoms with E-state index in [4.69, 9.17) is 15.3 Å². The fourth-order valence-corrected chi connectivity index (χ4v) is 1.88. The molecule has 1 amide bonds. The minimum absolute atomic E-state index is 0.0648. The molecule has 7 N–H and O–H groups in total. The summed E-state index contributed by atoms with van der Waals surface area (Å²) in [7, 11) is 3.87. The monoisotopic (exact) mass is 325 g/mol. The van der Waals surface area contributed by atoms with Crippen LogP contribution in [0.3, 0.4) is 0 Å². The van der Waals surface area contributed by atoms with E-state index < -0.39 is 36.9 Å². The molecule has 0 aliphatic rings. The minimum atomic E-state index is -1.91. The third kappa shape index (κ3) is 7.45. The molecule has 0 fully saturated rings. The summed E-state index contributed by atoms with van der Waals surface area (Å²) in [4.78, 5) is 11.6. The maximum Gasteiger partial charge on any atom is 0.251 e. The lowest BCUT2D eigenvalue weighted by Gasteiger charge is -2.29. The molecule has 0 aliphatic heterocycles. The van der Waals surface area contributed by atoms with Crippen LogP contribution in [-0.4, -0.2) is 112 Å². The third-order valence-corrected chi connectivity index (χ3v) is 3.47. The van der Waals surface area contributed by atoms with E-state index in [1.165, 1.54) is 0 Å². The fourth-order valence-electron chi connectivity index (χ4n) is 1.88. The largest absolute Gasteiger partial charge is 0.394 e. The third-order valence-electron chi connectivity index (χ3n) is 3.47. The van der Waals surface area contributed by atoms with Gasteiger partial charge in [-0.15, -0.1) is 0 Å². The quantitative estimate of drug-likeness (QED) is 0.151.